The summed E-state index contributed by atoms with van der Waals surface area (Å²) in [5.74, 6) is 0.0800. The molecule has 0 aromatic heterocycles. The Labute approximate surface area is 120 Å². The van der Waals surface area contributed by atoms with Crippen LogP contribution in [0.2, 0.25) is 0 Å². The fraction of sp³-hybridized carbons (Fsp3) is 0.923. The molecule has 0 unspecified atom stereocenters. The Morgan fingerprint density at radius 1 is 1.25 bits per heavy atom. The minimum absolute atomic E-state index is 0.00333. The summed E-state index contributed by atoms with van der Waals surface area (Å²) in [4.78, 5) is 13.4. The van der Waals surface area contributed by atoms with Crippen LogP contribution < -0.4 is 0 Å². The van der Waals surface area contributed by atoms with Gasteiger partial charge in [-0.15, -0.1) is 0 Å². The van der Waals surface area contributed by atoms with Gasteiger partial charge in [-0.2, -0.15) is 0 Å². The average molecular weight is 305 g/mol. The predicted octanol–water partition coefficient (Wildman–Crippen LogP) is 0.0751. The van der Waals surface area contributed by atoms with Crippen LogP contribution in [0.25, 0.3) is 0 Å². The van der Waals surface area contributed by atoms with Gasteiger partial charge in [0.25, 0.3) is 0 Å². The van der Waals surface area contributed by atoms with Crippen LogP contribution in [-0.2, 0) is 24.1 Å². The molecule has 0 N–H and O–H groups in total. The van der Waals surface area contributed by atoms with Crippen molar-refractivity contribution in [1.29, 1.82) is 0 Å². The SMILES string of the molecule is CCOCC(=O)N1CC2(C1)[C@@H](COCC)CCS2(=O)=O. The summed E-state index contributed by atoms with van der Waals surface area (Å²) in [7, 11) is -3.13. The van der Waals surface area contributed by atoms with E-state index < -0.39 is 14.6 Å². The number of likely N-dealkylation sites (tertiary alicyclic amines) is 1. The predicted molar refractivity (Wildman–Crippen MR) is 74.2 cm³/mol. The van der Waals surface area contributed by atoms with Crippen molar-refractivity contribution in [1.82, 2.24) is 4.90 Å². The summed E-state index contributed by atoms with van der Waals surface area (Å²) >= 11 is 0. The zero-order valence-electron chi connectivity index (χ0n) is 12.1. The van der Waals surface area contributed by atoms with Gasteiger partial charge in [-0.1, -0.05) is 0 Å². The summed E-state index contributed by atoms with van der Waals surface area (Å²) in [5.41, 5.74) is 0. The largest absolute Gasteiger partial charge is 0.381 e. The highest BCUT2D eigenvalue weighted by Crippen LogP contribution is 2.44. The van der Waals surface area contributed by atoms with Crippen LogP contribution in [0, 0.1) is 5.92 Å². The maximum absolute atomic E-state index is 12.3. The Balaban J connectivity index is 2.01. The number of sulfone groups is 1. The lowest BCUT2D eigenvalue weighted by atomic mass is 9.83. The van der Waals surface area contributed by atoms with Crippen LogP contribution >= 0.6 is 0 Å². The van der Waals surface area contributed by atoms with Crippen LogP contribution in [0.15, 0.2) is 0 Å². The molecular formula is C13H23NO5S. The molecule has 20 heavy (non-hydrogen) atoms. The highest BCUT2D eigenvalue weighted by molar-refractivity contribution is 7.93. The number of carbonyl (C=O) groups excluding carboxylic acids is 1. The van der Waals surface area contributed by atoms with Crippen molar-refractivity contribution < 1.29 is 22.7 Å². The molecule has 0 saturated carbocycles. The van der Waals surface area contributed by atoms with Gasteiger partial charge >= 0.3 is 0 Å². The lowest BCUT2D eigenvalue weighted by Gasteiger charge is -2.49. The van der Waals surface area contributed by atoms with E-state index in [1.54, 1.807) is 4.90 Å². The summed E-state index contributed by atoms with van der Waals surface area (Å²) < 4.78 is 34.3. The molecule has 0 radical (unpaired) electrons. The molecule has 2 rings (SSSR count). The van der Waals surface area contributed by atoms with Crippen molar-refractivity contribution in [3.63, 3.8) is 0 Å². The molecule has 2 aliphatic heterocycles. The van der Waals surface area contributed by atoms with E-state index in [1.165, 1.54) is 0 Å². The minimum atomic E-state index is -3.13. The first-order valence-corrected chi connectivity index (χ1v) is 8.77. The Bertz CT molecular complexity index is 455. The van der Waals surface area contributed by atoms with Gasteiger partial charge in [-0.05, 0) is 20.3 Å². The monoisotopic (exact) mass is 305 g/mol. The third-order valence-electron chi connectivity index (χ3n) is 4.32. The molecule has 0 aromatic carbocycles. The van der Waals surface area contributed by atoms with Crippen LogP contribution in [-0.4, -0.2) is 69.2 Å². The number of carbonyl (C=O) groups is 1. The highest BCUT2D eigenvalue weighted by Gasteiger charge is 2.62. The number of hydrogen-bond donors (Lipinski definition) is 0. The Morgan fingerprint density at radius 3 is 2.50 bits per heavy atom. The molecule has 1 spiro atoms. The molecule has 7 heteroatoms. The van der Waals surface area contributed by atoms with Crippen molar-refractivity contribution in [2.24, 2.45) is 5.92 Å². The molecule has 0 aliphatic carbocycles. The maximum atomic E-state index is 12.3. The van der Waals surface area contributed by atoms with E-state index in [1.807, 2.05) is 13.8 Å². The Morgan fingerprint density at radius 2 is 1.90 bits per heavy atom. The van der Waals surface area contributed by atoms with Gasteiger partial charge in [0.2, 0.25) is 5.91 Å². The fourth-order valence-corrected chi connectivity index (χ4v) is 5.42. The molecule has 2 aliphatic rings. The van der Waals surface area contributed by atoms with Gasteiger partial charge in [0, 0.05) is 32.2 Å². The second-order valence-electron chi connectivity index (χ2n) is 5.42. The molecule has 6 nitrogen and oxygen atoms in total. The molecule has 2 heterocycles. The second kappa shape index (κ2) is 5.99. The van der Waals surface area contributed by atoms with Crippen molar-refractivity contribution in [3.05, 3.63) is 0 Å². The first kappa shape index (κ1) is 15.7. The van der Waals surface area contributed by atoms with E-state index in [-0.39, 0.29) is 24.2 Å². The van der Waals surface area contributed by atoms with Gasteiger partial charge in [0.15, 0.2) is 9.84 Å². The quantitative estimate of drug-likeness (QED) is 0.694. The van der Waals surface area contributed by atoms with Gasteiger partial charge in [-0.3, -0.25) is 4.79 Å². The molecule has 1 amide bonds. The number of nitrogens with zero attached hydrogens (tertiary/aromatic N) is 1. The number of rotatable bonds is 6. The van der Waals surface area contributed by atoms with Gasteiger partial charge in [0.1, 0.15) is 11.4 Å². The Kier molecular flexibility index (Phi) is 4.71. The van der Waals surface area contributed by atoms with Crippen molar-refractivity contribution in [2.75, 3.05) is 45.3 Å². The zero-order valence-corrected chi connectivity index (χ0v) is 12.9. The normalized spacial score (nSPS) is 26.7. The van der Waals surface area contributed by atoms with Crippen molar-refractivity contribution in [3.8, 4) is 0 Å². The summed E-state index contributed by atoms with van der Waals surface area (Å²) in [6, 6.07) is 0. The van der Waals surface area contributed by atoms with Gasteiger partial charge in [0.05, 0.1) is 12.4 Å². The Hall–Kier alpha value is -0.660. The topological polar surface area (TPSA) is 72.9 Å². The lowest BCUT2D eigenvalue weighted by Crippen LogP contribution is -2.69. The van der Waals surface area contributed by atoms with Crippen molar-refractivity contribution in [2.45, 2.75) is 25.0 Å². The van der Waals surface area contributed by atoms with Gasteiger partial charge in [-0.25, -0.2) is 8.42 Å². The third-order valence-corrected chi connectivity index (χ3v) is 6.92. The fourth-order valence-electron chi connectivity index (χ4n) is 3.02. The van der Waals surface area contributed by atoms with Crippen molar-refractivity contribution >= 4 is 15.7 Å². The number of amides is 1. The molecule has 1 atom stereocenters. The summed E-state index contributed by atoms with van der Waals surface area (Å²) in [6.45, 7) is 5.86. The molecule has 0 bridgehead atoms. The number of ether oxygens (including phenoxy) is 2. The first-order chi connectivity index (χ1) is 9.47. The smallest absolute Gasteiger partial charge is 0.248 e. The average Bonchev–Trinajstić information content (AvgIpc) is 2.62. The summed E-state index contributed by atoms with van der Waals surface area (Å²) in [6.07, 6.45) is 0.635. The number of hydrogen-bond acceptors (Lipinski definition) is 5. The minimum Gasteiger partial charge on any atom is -0.381 e. The molecular weight excluding hydrogens is 282 g/mol. The highest BCUT2D eigenvalue weighted by atomic mass is 32.2. The van der Waals surface area contributed by atoms with Gasteiger partial charge < -0.3 is 14.4 Å². The molecule has 116 valence electrons. The van der Waals surface area contributed by atoms with E-state index in [4.69, 9.17) is 9.47 Å². The molecule has 2 fully saturated rings. The van der Waals surface area contributed by atoms with E-state index in [9.17, 15) is 13.2 Å². The zero-order chi connectivity index (χ0) is 14.8. The molecule has 0 aromatic rings. The maximum Gasteiger partial charge on any atom is 0.248 e. The van der Waals surface area contributed by atoms with Crippen LogP contribution in [0.5, 0.6) is 0 Å². The molecule has 2 saturated heterocycles. The van der Waals surface area contributed by atoms with E-state index >= 15 is 0 Å². The van der Waals surface area contributed by atoms with Crippen LogP contribution in [0.1, 0.15) is 20.3 Å². The van der Waals surface area contributed by atoms with Crippen LogP contribution in [0.4, 0.5) is 0 Å². The van der Waals surface area contributed by atoms with E-state index in [2.05, 4.69) is 0 Å². The second-order valence-corrected chi connectivity index (χ2v) is 7.87. The summed E-state index contributed by atoms with van der Waals surface area (Å²) in [5, 5.41) is 0. The van der Waals surface area contributed by atoms with E-state index in [0.29, 0.717) is 39.3 Å². The van der Waals surface area contributed by atoms with Crippen LogP contribution in [0.3, 0.4) is 0 Å². The van der Waals surface area contributed by atoms with E-state index in [0.717, 1.165) is 0 Å². The lowest BCUT2D eigenvalue weighted by molar-refractivity contribution is -0.142. The standard InChI is InChI=1S/C13H23NO5S/c1-3-18-7-11-5-6-20(16,17)13(11)9-14(10-13)12(15)8-19-4-2/h11H,3-10H2,1-2H3/t11-/m1/s1. The first-order valence-electron chi connectivity index (χ1n) is 7.12. The third kappa shape index (κ3) is 2.58.